The molecule has 0 amide bonds. The normalized spacial score (nSPS) is 17.2. The summed E-state index contributed by atoms with van der Waals surface area (Å²) in [4.78, 5) is 1.26. The van der Waals surface area contributed by atoms with Crippen molar-refractivity contribution >= 4 is 0 Å². The van der Waals surface area contributed by atoms with Crippen LogP contribution in [0, 0.1) is 0 Å². The number of nitrogens with zero attached hydrogens (tertiary/aromatic N) is 3. The summed E-state index contributed by atoms with van der Waals surface area (Å²) in [6, 6.07) is 8.95. The molecular formula is C13H17N3O5. The fourth-order valence-corrected chi connectivity index (χ4v) is 1.79. The first-order valence-corrected chi connectivity index (χ1v) is 6.35. The van der Waals surface area contributed by atoms with E-state index in [1.807, 2.05) is 6.07 Å². The van der Waals surface area contributed by atoms with Crippen LogP contribution >= 0.6 is 0 Å². The van der Waals surface area contributed by atoms with Gasteiger partial charge in [0.2, 0.25) is 0 Å². The molecule has 4 atom stereocenters. The highest BCUT2D eigenvalue weighted by Crippen LogP contribution is 2.18. The van der Waals surface area contributed by atoms with Gasteiger partial charge in [-0.2, -0.15) is 15.0 Å². The highest BCUT2D eigenvalue weighted by atomic mass is 16.4. The van der Waals surface area contributed by atoms with Gasteiger partial charge in [-0.3, -0.25) is 0 Å². The molecule has 21 heavy (non-hydrogen) atoms. The smallest absolute Gasteiger partial charge is 0.128 e. The highest BCUT2D eigenvalue weighted by molar-refractivity contribution is 5.28. The number of benzene rings is 1. The van der Waals surface area contributed by atoms with Gasteiger partial charge in [-0.05, 0) is 12.1 Å². The zero-order valence-corrected chi connectivity index (χ0v) is 11.1. The molecule has 5 N–H and O–H groups in total. The molecule has 0 aliphatic heterocycles. The third-order valence-corrected chi connectivity index (χ3v) is 3.05. The minimum Gasteiger partial charge on any atom is -0.394 e. The minimum atomic E-state index is -1.70. The fraction of sp³-hybridized carbons (Fsp3) is 0.385. The van der Waals surface area contributed by atoms with Crippen LogP contribution in [0.5, 0.6) is 0 Å². The van der Waals surface area contributed by atoms with Gasteiger partial charge in [0.05, 0.1) is 18.5 Å². The standard InChI is InChI=1S/C13H17N3O5/c17-7-10(18)12(20)13(21)11(19)9-6-14-16(15-9)8-4-2-1-3-5-8/h1-6,10-13,17-21H,7H2/t10-,11+,12+,13-/m1/s1. The second-order valence-corrected chi connectivity index (χ2v) is 4.57. The van der Waals surface area contributed by atoms with E-state index in [4.69, 9.17) is 5.11 Å². The van der Waals surface area contributed by atoms with Crippen LogP contribution in [0.2, 0.25) is 0 Å². The van der Waals surface area contributed by atoms with E-state index in [1.165, 1.54) is 11.0 Å². The summed E-state index contributed by atoms with van der Waals surface area (Å²) >= 11 is 0. The number of rotatable bonds is 6. The molecule has 0 saturated heterocycles. The summed E-state index contributed by atoms with van der Waals surface area (Å²) in [5, 5.41) is 55.2. The van der Waals surface area contributed by atoms with Crippen LogP contribution in [0.15, 0.2) is 36.5 Å². The van der Waals surface area contributed by atoms with Gasteiger partial charge in [-0.1, -0.05) is 18.2 Å². The fourth-order valence-electron chi connectivity index (χ4n) is 1.79. The molecule has 1 aromatic heterocycles. The van der Waals surface area contributed by atoms with Crippen molar-refractivity contribution in [3.05, 3.63) is 42.2 Å². The molecule has 1 heterocycles. The van der Waals surface area contributed by atoms with Gasteiger partial charge >= 0.3 is 0 Å². The number of para-hydroxylation sites is 1. The Labute approximate surface area is 120 Å². The Hall–Kier alpha value is -1.84. The number of aliphatic hydroxyl groups is 5. The lowest BCUT2D eigenvalue weighted by molar-refractivity contribution is -0.117. The molecule has 8 nitrogen and oxygen atoms in total. The van der Waals surface area contributed by atoms with Crippen molar-refractivity contribution in [1.82, 2.24) is 15.0 Å². The van der Waals surface area contributed by atoms with Crippen LogP contribution < -0.4 is 0 Å². The predicted molar refractivity (Wildman–Crippen MR) is 71.4 cm³/mol. The second-order valence-electron chi connectivity index (χ2n) is 4.57. The zero-order chi connectivity index (χ0) is 15.4. The summed E-state index contributed by atoms with van der Waals surface area (Å²) in [6.45, 7) is -0.734. The molecule has 0 unspecified atom stereocenters. The second kappa shape index (κ2) is 6.74. The van der Waals surface area contributed by atoms with Crippen molar-refractivity contribution in [1.29, 1.82) is 0 Å². The maximum atomic E-state index is 9.95. The summed E-state index contributed by atoms with van der Waals surface area (Å²) in [5.41, 5.74) is 0.705. The van der Waals surface area contributed by atoms with Crippen molar-refractivity contribution < 1.29 is 25.5 Å². The van der Waals surface area contributed by atoms with Crippen LogP contribution in [0.3, 0.4) is 0 Å². The first kappa shape index (κ1) is 15.5. The Morgan fingerprint density at radius 3 is 2.29 bits per heavy atom. The van der Waals surface area contributed by atoms with Crippen molar-refractivity contribution in [3.8, 4) is 5.69 Å². The van der Waals surface area contributed by atoms with Gasteiger partial charge in [0, 0.05) is 0 Å². The molecule has 0 aliphatic carbocycles. The van der Waals surface area contributed by atoms with Gasteiger partial charge in [0.15, 0.2) is 0 Å². The number of hydrogen-bond donors (Lipinski definition) is 5. The van der Waals surface area contributed by atoms with E-state index < -0.39 is 31.0 Å². The summed E-state index contributed by atoms with van der Waals surface area (Å²) in [7, 11) is 0. The third-order valence-electron chi connectivity index (χ3n) is 3.05. The maximum absolute atomic E-state index is 9.95. The van der Waals surface area contributed by atoms with E-state index >= 15 is 0 Å². The Balaban J connectivity index is 2.14. The molecule has 0 radical (unpaired) electrons. The summed E-state index contributed by atoms with van der Waals surface area (Å²) in [6.07, 6.45) is -5.25. The van der Waals surface area contributed by atoms with E-state index in [9.17, 15) is 20.4 Å². The average Bonchev–Trinajstić information content (AvgIpc) is 3.02. The molecule has 0 saturated carbocycles. The van der Waals surface area contributed by atoms with Crippen molar-refractivity contribution in [2.45, 2.75) is 24.4 Å². The topological polar surface area (TPSA) is 132 Å². The van der Waals surface area contributed by atoms with Crippen LogP contribution in [0.25, 0.3) is 5.69 Å². The molecule has 0 bridgehead atoms. The molecule has 2 rings (SSSR count). The third kappa shape index (κ3) is 3.43. The number of hydrogen-bond acceptors (Lipinski definition) is 7. The molecule has 0 spiro atoms. The molecule has 8 heteroatoms. The zero-order valence-electron chi connectivity index (χ0n) is 11.1. The van der Waals surface area contributed by atoms with Gasteiger partial charge in [-0.15, -0.1) is 0 Å². The minimum absolute atomic E-state index is 0.0375. The Kier molecular flexibility index (Phi) is 4.99. The molecular weight excluding hydrogens is 278 g/mol. The Morgan fingerprint density at radius 1 is 1.00 bits per heavy atom. The highest BCUT2D eigenvalue weighted by Gasteiger charge is 2.32. The number of aromatic nitrogens is 3. The average molecular weight is 295 g/mol. The largest absolute Gasteiger partial charge is 0.394 e. The van der Waals surface area contributed by atoms with Crippen LogP contribution in [-0.2, 0) is 0 Å². The van der Waals surface area contributed by atoms with Crippen molar-refractivity contribution in [2.24, 2.45) is 0 Å². The monoisotopic (exact) mass is 295 g/mol. The lowest BCUT2D eigenvalue weighted by atomic mass is 10.0. The van der Waals surface area contributed by atoms with Crippen molar-refractivity contribution in [3.63, 3.8) is 0 Å². The molecule has 0 fully saturated rings. The van der Waals surface area contributed by atoms with E-state index in [0.717, 1.165) is 0 Å². The van der Waals surface area contributed by atoms with Gasteiger partial charge in [-0.25, -0.2) is 0 Å². The van der Waals surface area contributed by atoms with E-state index in [2.05, 4.69) is 10.2 Å². The Morgan fingerprint density at radius 2 is 1.67 bits per heavy atom. The lowest BCUT2D eigenvalue weighted by Crippen LogP contribution is -2.42. The molecule has 114 valence electrons. The SMILES string of the molecule is OC[C@@H](O)[C@H](O)[C@H](O)[C@@H](O)c1cnn(-c2ccccc2)n1. The van der Waals surface area contributed by atoms with Crippen molar-refractivity contribution in [2.75, 3.05) is 6.61 Å². The van der Waals surface area contributed by atoms with Gasteiger partial charge in [0.1, 0.15) is 30.1 Å². The number of aliphatic hydroxyl groups excluding tert-OH is 5. The summed E-state index contributed by atoms with van der Waals surface area (Å²) in [5.74, 6) is 0. The molecule has 2 aromatic rings. The quantitative estimate of drug-likeness (QED) is 0.432. The van der Waals surface area contributed by atoms with Crippen LogP contribution in [0.1, 0.15) is 11.8 Å². The van der Waals surface area contributed by atoms with E-state index in [1.54, 1.807) is 24.3 Å². The van der Waals surface area contributed by atoms with E-state index in [-0.39, 0.29) is 5.69 Å². The molecule has 1 aromatic carbocycles. The lowest BCUT2D eigenvalue weighted by Gasteiger charge is -2.24. The van der Waals surface area contributed by atoms with E-state index in [0.29, 0.717) is 5.69 Å². The summed E-state index contributed by atoms with van der Waals surface area (Å²) < 4.78 is 0. The van der Waals surface area contributed by atoms with Crippen LogP contribution in [-0.4, -0.2) is 65.4 Å². The Bertz CT molecular complexity index is 562. The van der Waals surface area contributed by atoms with Crippen LogP contribution in [0.4, 0.5) is 0 Å². The molecule has 0 aliphatic rings. The van der Waals surface area contributed by atoms with Gasteiger partial charge in [0.25, 0.3) is 0 Å². The first-order valence-electron chi connectivity index (χ1n) is 6.35. The van der Waals surface area contributed by atoms with Gasteiger partial charge < -0.3 is 25.5 Å². The maximum Gasteiger partial charge on any atom is 0.128 e. The predicted octanol–water partition coefficient (Wildman–Crippen LogP) is -1.62. The first-order chi connectivity index (χ1) is 10.0.